The number of carbonyl (C=O) groups is 1. The first-order valence-corrected chi connectivity index (χ1v) is 9.49. The van der Waals surface area contributed by atoms with Crippen LogP contribution in [0.25, 0.3) is 0 Å². The quantitative estimate of drug-likeness (QED) is 0.453. The van der Waals surface area contributed by atoms with Gasteiger partial charge in [0.15, 0.2) is 6.23 Å². The Morgan fingerprint density at radius 2 is 2.21 bits per heavy atom. The number of halogens is 2. The van der Waals surface area contributed by atoms with Crippen LogP contribution in [0.5, 0.6) is 0 Å². The van der Waals surface area contributed by atoms with Crippen LogP contribution < -0.4 is 5.32 Å². The second-order valence-electron chi connectivity index (χ2n) is 7.05. The molecule has 0 aromatic heterocycles. The Morgan fingerprint density at radius 1 is 1.52 bits per heavy atom. The number of nitrogens with one attached hydrogen (secondary N) is 1. The molecule has 1 aliphatic rings. The third-order valence-corrected chi connectivity index (χ3v) is 4.52. The zero-order chi connectivity index (χ0) is 22.0. The highest BCUT2D eigenvalue weighted by Crippen LogP contribution is 2.24. The predicted molar refractivity (Wildman–Crippen MR) is 109 cm³/mol. The molecule has 0 radical (unpaired) electrons. The fourth-order valence-corrected chi connectivity index (χ4v) is 2.64. The second kappa shape index (κ2) is 11.7. The highest BCUT2D eigenvalue weighted by molar-refractivity contribution is 5.89. The number of aliphatic imine (C=N–C) groups is 2. The van der Waals surface area contributed by atoms with E-state index in [0.29, 0.717) is 6.42 Å². The molecule has 0 aromatic carbocycles. The lowest BCUT2D eigenvalue weighted by molar-refractivity contribution is -0.178. The molecule has 0 saturated carbocycles. The van der Waals surface area contributed by atoms with E-state index in [1.54, 1.807) is 0 Å². The van der Waals surface area contributed by atoms with Crippen LogP contribution in [-0.4, -0.2) is 83.2 Å². The van der Waals surface area contributed by atoms with Crippen LogP contribution in [0.3, 0.4) is 0 Å². The van der Waals surface area contributed by atoms with Crippen LogP contribution in [0.1, 0.15) is 33.6 Å². The molecule has 0 amide bonds. The van der Waals surface area contributed by atoms with Gasteiger partial charge in [-0.15, -0.1) is 0 Å². The van der Waals surface area contributed by atoms with Gasteiger partial charge in [-0.25, -0.2) is 23.6 Å². The minimum atomic E-state index is -3.34. The number of rotatable bonds is 6. The average molecular weight is 415 g/mol. The molecule has 3 N–H and O–H groups in total. The van der Waals surface area contributed by atoms with Gasteiger partial charge >= 0.3 is 5.97 Å². The van der Waals surface area contributed by atoms with Crippen molar-refractivity contribution in [3.05, 3.63) is 23.9 Å². The van der Waals surface area contributed by atoms with Gasteiger partial charge in [-0.3, -0.25) is 9.80 Å². The summed E-state index contributed by atoms with van der Waals surface area (Å²) in [7, 11) is 1.39. The molecule has 0 aromatic rings. The largest absolute Gasteiger partial charge is 0.478 e. The Hall–Kier alpha value is -2.17. The Bertz CT molecular complexity index is 664. The number of aliphatic hydroxyl groups is 1. The maximum absolute atomic E-state index is 14.6. The number of aliphatic hydroxyl groups excluding tert-OH is 1. The third kappa shape index (κ3) is 8.38. The monoisotopic (exact) mass is 415 g/mol. The van der Waals surface area contributed by atoms with Crippen molar-refractivity contribution < 1.29 is 23.8 Å². The molecule has 29 heavy (non-hydrogen) atoms. The van der Waals surface area contributed by atoms with Gasteiger partial charge in [-0.1, -0.05) is 19.4 Å². The van der Waals surface area contributed by atoms with Gasteiger partial charge in [0.2, 0.25) is 5.96 Å². The van der Waals surface area contributed by atoms with E-state index < -0.39 is 24.7 Å². The topological polar surface area (TPSA) is 101 Å². The summed E-state index contributed by atoms with van der Waals surface area (Å²) in [5, 5.41) is 21.7. The zero-order valence-corrected chi connectivity index (χ0v) is 17.3. The smallest absolute Gasteiger partial charge is 0.331 e. The normalized spacial score (nSPS) is 23.5. The van der Waals surface area contributed by atoms with Gasteiger partial charge < -0.3 is 15.5 Å². The Kier molecular flexibility index (Phi) is 10.1. The highest BCUT2D eigenvalue weighted by atomic mass is 19.3. The van der Waals surface area contributed by atoms with Crippen LogP contribution in [0, 0.1) is 0 Å². The maximum Gasteiger partial charge on any atom is 0.331 e. The van der Waals surface area contributed by atoms with Gasteiger partial charge in [0, 0.05) is 30.6 Å². The summed E-state index contributed by atoms with van der Waals surface area (Å²) in [6.07, 6.45) is 5.35. The number of carboxylic acid groups (broad SMARTS) is 1. The summed E-state index contributed by atoms with van der Waals surface area (Å²) in [4.78, 5) is 21.9. The van der Waals surface area contributed by atoms with E-state index in [1.165, 1.54) is 43.4 Å². The molecule has 1 rings (SSSR count). The maximum atomic E-state index is 14.6. The number of aliphatic carboxylic acids is 1. The number of carboxylic acids is 1. The summed E-state index contributed by atoms with van der Waals surface area (Å²) in [6.45, 7) is 4.63. The molecule has 10 heteroatoms. The van der Waals surface area contributed by atoms with Crippen LogP contribution in [-0.2, 0) is 4.79 Å². The molecule has 0 bridgehead atoms. The number of guanidine groups is 1. The fraction of sp³-hybridized carbons (Fsp3) is 0.632. The van der Waals surface area contributed by atoms with Crippen LogP contribution >= 0.6 is 0 Å². The number of nitrogens with zero attached hydrogens (tertiary/aromatic N) is 4. The van der Waals surface area contributed by atoms with E-state index in [1.807, 2.05) is 13.8 Å². The molecule has 0 fully saturated rings. The van der Waals surface area contributed by atoms with E-state index in [0.717, 1.165) is 11.3 Å². The van der Waals surface area contributed by atoms with Crippen molar-refractivity contribution in [3.63, 3.8) is 0 Å². The number of allylic oxidation sites excluding steroid dienone is 2. The standard InChI is InChI=1S/C19H31F2N5O3/c1-5-7-15(3)26-12-19(20,21)17(29)25(4)11-10-23-18(24-13-26)22-9-6-8-14(2)16(27)28/h6,8-10,15,17,29H,5,7,11-13H2,1-4H3,(H,22,24)(H,27,28)/b9-6+,14-8+,23-10?. The van der Waals surface area contributed by atoms with E-state index in [9.17, 15) is 18.7 Å². The van der Waals surface area contributed by atoms with Crippen molar-refractivity contribution in [2.75, 3.05) is 26.8 Å². The molecule has 164 valence electrons. The van der Waals surface area contributed by atoms with Gasteiger partial charge in [0.05, 0.1) is 13.2 Å². The lowest BCUT2D eigenvalue weighted by atomic mass is 10.1. The lowest BCUT2D eigenvalue weighted by Crippen LogP contribution is -2.53. The molecular weight excluding hydrogens is 384 g/mol. The van der Waals surface area contributed by atoms with E-state index in [-0.39, 0.29) is 30.8 Å². The summed E-state index contributed by atoms with van der Waals surface area (Å²) >= 11 is 0. The van der Waals surface area contributed by atoms with Crippen molar-refractivity contribution in [3.8, 4) is 0 Å². The van der Waals surface area contributed by atoms with Crippen molar-refractivity contribution in [2.45, 2.75) is 51.8 Å². The Balaban J connectivity index is 3.06. The molecule has 8 nitrogen and oxygen atoms in total. The van der Waals surface area contributed by atoms with Gasteiger partial charge in [0.1, 0.15) is 0 Å². The van der Waals surface area contributed by atoms with E-state index >= 15 is 0 Å². The minimum Gasteiger partial charge on any atom is -0.478 e. The first-order chi connectivity index (χ1) is 13.6. The zero-order valence-electron chi connectivity index (χ0n) is 17.3. The summed E-state index contributed by atoms with van der Waals surface area (Å²) in [5.74, 6) is -4.16. The summed E-state index contributed by atoms with van der Waals surface area (Å²) in [5.41, 5.74) is 0.161. The van der Waals surface area contributed by atoms with Gasteiger partial charge in [0.25, 0.3) is 5.92 Å². The predicted octanol–water partition coefficient (Wildman–Crippen LogP) is 1.89. The number of hydrogen-bond acceptors (Lipinski definition) is 7. The van der Waals surface area contributed by atoms with Gasteiger partial charge in [-0.05, 0) is 33.4 Å². The van der Waals surface area contributed by atoms with Crippen LogP contribution in [0.2, 0.25) is 0 Å². The Morgan fingerprint density at radius 3 is 2.83 bits per heavy atom. The van der Waals surface area contributed by atoms with Crippen molar-refractivity contribution >= 4 is 18.1 Å². The molecule has 1 aliphatic heterocycles. The molecule has 0 spiro atoms. The number of hydrogen-bond donors (Lipinski definition) is 3. The van der Waals surface area contributed by atoms with E-state index in [4.69, 9.17) is 5.11 Å². The van der Waals surface area contributed by atoms with Crippen LogP contribution in [0.4, 0.5) is 8.78 Å². The first-order valence-electron chi connectivity index (χ1n) is 9.49. The molecule has 0 saturated heterocycles. The summed E-state index contributed by atoms with van der Waals surface area (Å²) < 4.78 is 29.1. The average Bonchev–Trinajstić information content (AvgIpc) is 2.67. The number of alkyl halides is 2. The highest BCUT2D eigenvalue weighted by Gasteiger charge is 2.43. The van der Waals surface area contributed by atoms with Crippen molar-refractivity contribution in [1.29, 1.82) is 0 Å². The molecule has 0 aliphatic carbocycles. The minimum absolute atomic E-state index is 0.00368. The van der Waals surface area contributed by atoms with Gasteiger partial charge in [-0.2, -0.15) is 0 Å². The van der Waals surface area contributed by atoms with Crippen molar-refractivity contribution in [2.24, 2.45) is 9.98 Å². The van der Waals surface area contributed by atoms with E-state index in [2.05, 4.69) is 15.3 Å². The second-order valence-corrected chi connectivity index (χ2v) is 7.05. The Labute approximate surface area is 170 Å². The fourth-order valence-electron chi connectivity index (χ4n) is 2.64. The van der Waals surface area contributed by atoms with Crippen LogP contribution in [0.15, 0.2) is 33.9 Å². The first kappa shape index (κ1) is 24.9. The summed E-state index contributed by atoms with van der Waals surface area (Å²) in [6, 6.07) is -0.158. The molecule has 2 atom stereocenters. The molecule has 1 heterocycles. The van der Waals surface area contributed by atoms with Crippen molar-refractivity contribution in [1.82, 2.24) is 15.1 Å². The SMILES string of the molecule is CCCC(C)N1CN=C(N/C=C/C=C(\C)C(=O)O)N=CCN(C)C(O)C(F)(F)C1. The molecular formula is C19H31F2N5O3. The lowest BCUT2D eigenvalue weighted by Gasteiger charge is -2.35. The molecule has 2 unspecified atom stereocenters. The third-order valence-electron chi connectivity index (χ3n) is 4.52.